The van der Waals surface area contributed by atoms with E-state index in [1.807, 2.05) is 6.07 Å². The molecule has 0 spiro atoms. The summed E-state index contributed by atoms with van der Waals surface area (Å²) >= 11 is 0. The predicted molar refractivity (Wildman–Crippen MR) is 109 cm³/mol. The summed E-state index contributed by atoms with van der Waals surface area (Å²) in [6.07, 6.45) is 2.81. The van der Waals surface area contributed by atoms with Gasteiger partial charge < -0.3 is 9.88 Å². The number of aromatic nitrogens is 2. The highest BCUT2D eigenvalue weighted by molar-refractivity contribution is 5.59. The topological polar surface area (TPSA) is 79.5 Å². The number of anilines is 1. The summed E-state index contributed by atoms with van der Waals surface area (Å²) in [5.74, 6) is 0.929. The Bertz CT molecular complexity index is 1100. The van der Waals surface area contributed by atoms with Crippen LogP contribution in [0.5, 0.6) is 0 Å². The van der Waals surface area contributed by atoms with Gasteiger partial charge in [-0.2, -0.15) is 10.5 Å². The molecule has 1 heterocycles. The van der Waals surface area contributed by atoms with Gasteiger partial charge in [0, 0.05) is 36.5 Å². The molecule has 28 heavy (non-hydrogen) atoms. The number of fused-ring (bicyclic) bond motifs is 1. The highest BCUT2D eigenvalue weighted by Gasteiger charge is 2.26. The molecule has 1 N–H and O–H groups in total. The van der Waals surface area contributed by atoms with Crippen molar-refractivity contribution in [3.63, 3.8) is 0 Å². The SMILES string of the molecule is Cc1ccc(-c2nc3c([nH]2)C[C@H](N(C)c2ccc(C#N)c(C#N)c2)CC3)cc1. The van der Waals surface area contributed by atoms with E-state index in [0.29, 0.717) is 17.2 Å². The molecule has 3 aromatic rings. The number of benzene rings is 2. The van der Waals surface area contributed by atoms with E-state index in [4.69, 9.17) is 10.2 Å². The first-order valence-corrected chi connectivity index (χ1v) is 9.41. The number of H-pyrrole nitrogens is 1. The molecule has 2 aromatic carbocycles. The van der Waals surface area contributed by atoms with Gasteiger partial charge in [0.15, 0.2) is 0 Å². The first-order valence-electron chi connectivity index (χ1n) is 9.41. The number of rotatable bonds is 3. The fourth-order valence-corrected chi connectivity index (χ4v) is 3.79. The summed E-state index contributed by atoms with van der Waals surface area (Å²) in [6.45, 7) is 2.08. The van der Waals surface area contributed by atoms with Crippen molar-refractivity contribution in [3.8, 4) is 23.5 Å². The number of imidazole rings is 1. The lowest BCUT2D eigenvalue weighted by atomic mass is 9.94. The smallest absolute Gasteiger partial charge is 0.137 e. The van der Waals surface area contributed by atoms with Crippen molar-refractivity contribution in [2.75, 3.05) is 11.9 Å². The van der Waals surface area contributed by atoms with Crippen LogP contribution < -0.4 is 4.90 Å². The van der Waals surface area contributed by atoms with Crippen LogP contribution in [0.4, 0.5) is 5.69 Å². The molecule has 1 atom stereocenters. The highest BCUT2D eigenvalue weighted by Crippen LogP contribution is 2.29. The maximum absolute atomic E-state index is 9.29. The molecule has 0 saturated heterocycles. The lowest BCUT2D eigenvalue weighted by molar-refractivity contribution is 0.538. The third-order valence-corrected chi connectivity index (χ3v) is 5.54. The Balaban J connectivity index is 1.56. The second-order valence-corrected chi connectivity index (χ2v) is 7.34. The van der Waals surface area contributed by atoms with Gasteiger partial charge in [0.25, 0.3) is 0 Å². The van der Waals surface area contributed by atoms with Crippen molar-refractivity contribution >= 4 is 5.69 Å². The maximum Gasteiger partial charge on any atom is 0.137 e. The summed E-state index contributed by atoms with van der Waals surface area (Å²) < 4.78 is 0. The third kappa shape index (κ3) is 3.23. The van der Waals surface area contributed by atoms with Crippen LogP contribution in [0.1, 0.15) is 34.5 Å². The lowest BCUT2D eigenvalue weighted by Gasteiger charge is -2.32. The van der Waals surface area contributed by atoms with Crippen LogP contribution in [0.2, 0.25) is 0 Å². The van der Waals surface area contributed by atoms with Crippen LogP contribution in [0, 0.1) is 29.6 Å². The fourth-order valence-electron chi connectivity index (χ4n) is 3.79. The van der Waals surface area contributed by atoms with E-state index < -0.39 is 0 Å². The van der Waals surface area contributed by atoms with Crippen LogP contribution in [0.3, 0.4) is 0 Å². The molecule has 0 radical (unpaired) electrons. The molecule has 0 fully saturated rings. The van der Waals surface area contributed by atoms with Crippen LogP contribution >= 0.6 is 0 Å². The average molecular weight is 367 g/mol. The van der Waals surface area contributed by atoms with E-state index in [1.54, 1.807) is 12.1 Å². The van der Waals surface area contributed by atoms with Crippen molar-refractivity contribution in [2.24, 2.45) is 0 Å². The van der Waals surface area contributed by atoms with E-state index in [-0.39, 0.29) is 0 Å². The Labute approximate surface area is 164 Å². The number of hydrogen-bond donors (Lipinski definition) is 1. The standard InChI is InChI=1S/C23H21N5/c1-15-3-5-16(6-4-15)23-26-21-10-9-20(12-22(21)27-23)28(2)19-8-7-17(13-24)18(11-19)14-25/h3-8,11,20H,9-10,12H2,1-2H3,(H,26,27)/t20-/m1/s1. The second-order valence-electron chi connectivity index (χ2n) is 7.34. The van der Waals surface area contributed by atoms with Gasteiger partial charge >= 0.3 is 0 Å². The molecule has 0 unspecified atom stereocenters. The molecule has 138 valence electrons. The maximum atomic E-state index is 9.29. The van der Waals surface area contributed by atoms with Gasteiger partial charge in [0.2, 0.25) is 0 Å². The third-order valence-electron chi connectivity index (χ3n) is 5.54. The molecule has 4 rings (SSSR count). The van der Waals surface area contributed by atoms with Crippen molar-refractivity contribution in [3.05, 3.63) is 70.5 Å². The Morgan fingerprint density at radius 3 is 2.54 bits per heavy atom. The largest absolute Gasteiger partial charge is 0.371 e. The van der Waals surface area contributed by atoms with E-state index >= 15 is 0 Å². The minimum atomic E-state index is 0.318. The Hall–Kier alpha value is -3.57. The summed E-state index contributed by atoms with van der Waals surface area (Å²) in [4.78, 5) is 10.5. The molecular weight excluding hydrogens is 346 g/mol. The van der Waals surface area contributed by atoms with E-state index in [0.717, 1.165) is 42.0 Å². The first-order chi connectivity index (χ1) is 13.6. The monoisotopic (exact) mass is 367 g/mol. The van der Waals surface area contributed by atoms with Crippen molar-refractivity contribution < 1.29 is 0 Å². The minimum Gasteiger partial charge on any atom is -0.371 e. The molecule has 5 heteroatoms. The molecule has 0 saturated carbocycles. The van der Waals surface area contributed by atoms with Crippen molar-refractivity contribution in [2.45, 2.75) is 32.2 Å². The molecule has 5 nitrogen and oxygen atoms in total. The molecule has 0 bridgehead atoms. The van der Waals surface area contributed by atoms with Gasteiger partial charge in [-0.3, -0.25) is 0 Å². The summed E-state index contributed by atoms with van der Waals surface area (Å²) in [6, 6.07) is 18.4. The number of aromatic amines is 1. The summed E-state index contributed by atoms with van der Waals surface area (Å²) in [5.41, 5.74) is 6.48. The van der Waals surface area contributed by atoms with Crippen LogP contribution in [0.25, 0.3) is 11.4 Å². The van der Waals surface area contributed by atoms with Gasteiger partial charge in [0.05, 0.1) is 16.8 Å². The Kier molecular flexibility index (Phi) is 4.59. The van der Waals surface area contributed by atoms with Gasteiger partial charge in [0.1, 0.15) is 18.0 Å². The first kappa shape index (κ1) is 17.8. The Morgan fingerprint density at radius 1 is 1.07 bits per heavy atom. The van der Waals surface area contributed by atoms with Gasteiger partial charge in [-0.05, 0) is 38.0 Å². The number of likely N-dealkylation sites (N-methyl/N-ethyl adjacent to an activating group) is 1. The summed E-state index contributed by atoms with van der Waals surface area (Å²) in [5, 5.41) is 18.4. The molecule has 1 aromatic heterocycles. The highest BCUT2D eigenvalue weighted by atomic mass is 15.1. The van der Waals surface area contributed by atoms with E-state index in [1.165, 1.54) is 11.3 Å². The van der Waals surface area contributed by atoms with Gasteiger partial charge in [-0.25, -0.2) is 4.98 Å². The minimum absolute atomic E-state index is 0.318. The second kappa shape index (κ2) is 7.21. The molecule has 1 aliphatic carbocycles. The molecule has 0 amide bonds. The van der Waals surface area contributed by atoms with Crippen LogP contribution in [0.15, 0.2) is 42.5 Å². The number of aryl methyl sites for hydroxylation is 2. The number of nitrogens with one attached hydrogen (secondary N) is 1. The number of hydrogen-bond acceptors (Lipinski definition) is 4. The predicted octanol–water partition coefficient (Wildman–Crippen LogP) is 4.12. The normalized spacial score (nSPS) is 15.4. The molecule has 1 aliphatic rings. The zero-order valence-corrected chi connectivity index (χ0v) is 16.0. The quantitative estimate of drug-likeness (QED) is 0.755. The summed E-state index contributed by atoms with van der Waals surface area (Å²) in [7, 11) is 2.05. The van der Waals surface area contributed by atoms with Crippen LogP contribution in [-0.2, 0) is 12.8 Å². The van der Waals surface area contributed by atoms with E-state index in [2.05, 4.69) is 60.3 Å². The zero-order valence-electron chi connectivity index (χ0n) is 16.0. The average Bonchev–Trinajstić information content (AvgIpc) is 3.16. The molecular formula is C23H21N5. The lowest BCUT2D eigenvalue weighted by Crippen LogP contribution is -2.36. The van der Waals surface area contributed by atoms with Gasteiger partial charge in [-0.1, -0.05) is 29.8 Å². The van der Waals surface area contributed by atoms with E-state index in [9.17, 15) is 5.26 Å². The molecule has 0 aliphatic heterocycles. The zero-order chi connectivity index (χ0) is 19.7. The van der Waals surface area contributed by atoms with Crippen molar-refractivity contribution in [1.29, 1.82) is 10.5 Å². The van der Waals surface area contributed by atoms with Gasteiger partial charge in [-0.15, -0.1) is 0 Å². The number of nitriles is 2. The fraction of sp³-hybridized carbons (Fsp3) is 0.261. The van der Waals surface area contributed by atoms with Crippen LogP contribution in [-0.4, -0.2) is 23.1 Å². The Morgan fingerprint density at radius 2 is 1.82 bits per heavy atom. The van der Waals surface area contributed by atoms with Crippen molar-refractivity contribution in [1.82, 2.24) is 9.97 Å². The number of nitrogens with zero attached hydrogens (tertiary/aromatic N) is 4.